The van der Waals surface area contributed by atoms with Crippen molar-refractivity contribution in [1.29, 1.82) is 0 Å². The number of amidine groups is 1. The highest BCUT2D eigenvalue weighted by Crippen LogP contribution is 2.29. The van der Waals surface area contributed by atoms with E-state index in [1.165, 1.54) is 6.26 Å². The van der Waals surface area contributed by atoms with Gasteiger partial charge in [0.2, 0.25) is 3.79 Å². The predicted octanol–water partition coefficient (Wildman–Crippen LogP) is 2.54. The van der Waals surface area contributed by atoms with E-state index in [0.717, 1.165) is 0 Å². The van der Waals surface area contributed by atoms with Crippen LogP contribution in [0.15, 0.2) is 27.8 Å². The minimum atomic E-state index is -3.19. The lowest BCUT2D eigenvalue weighted by Crippen LogP contribution is -2.46. The van der Waals surface area contributed by atoms with Crippen molar-refractivity contribution in [3.63, 3.8) is 0 Å². The maximum atomic E-state index is 11.5. The summed E-state index contributed by atoms with van der Waals surface area (Å²) < 4.78 is 26.4. The van der Waals surface area contributed by atoms with Crippen LogP contribution >= 0.6 is 46.4 Å². The summed E-state index contributed by atoms with van der Waals surface area (Å²) in [5.74, 6) is 0.390. The number of alkyl halides is 4. The van der Waals surface area contributed by atoms with E-state index in [9.17, 15) is 8.42 Å². The summed E-state index contributed by atoms with van der Waals surface area (Å²) in [7, 11) is -3.19. The molecule has 1 fully saturated rings. The van der Waals surface area contributed by atoms with Gasteiger partial charge in [-0.2, -0.15) is 0 Å². The zero-order valence-corrected chi connectivity index (χ0v) is 14.4. The molecule has 2 atom stereocenters. The van der Waals surface area contributed by atoms with Crippen molar-refractivity contribution in [2.75, 3.05) is 11.5 Å². The zero-order chi connectivity index (χ0) is 15.7. The Balaban J connectivity index is 2.12. The molecule has 0 unspecified atom stereocenters. The Kier molecular flexibility index (Phi) is 5.36. The van der Waals surface area contributed by atoms with Gasteiger partial charge in [0.1, 0.15) is 11.6 Å². The van der Waals surface area contributed by atoms with Crippen molar-refractivity contribution < 1.29 is 12.8 Å². The standard InChI is InChI=1S/C11H12Cl4N2O3S/c12-8-5-21(18,19)6-9(8)17-10(11(13,14)15)16-4-7-2-1-3-20-7/h1-3,8-9H,4-6H2,(H,16,17)/t8-,9-/m0/s1. The van der Waals surface area contributed by atoms with Gasteiger partial charge >= 0.3 is 0 Å². The Morgan fingerprint density at radius 1 is 1.43 bits per heavy atom. The van der Waals surface area contributed by atoms with E-state index >= 15 is 0 Å². The molecule has 1 N–H and O–H groups in total. The van der Waals surface area contributed by atoms with Gasteiger partial charge in [0.15, 0.2) is 9.84 Å². The lowest BCUT2D eigenvalue weighted by Gasteiger charge is -2.22. The summed E-state index contributed by atoms with van der Waals surface area (Å²) in [6.45, 7) is 0.162. The number of rotatable bonds is 3. The lowest BCUT2D eigenvalue weighted by atomic mass is 10.2. The fourth-order valence-electron chi connectivity index (χ4n) is 1.89. The van der Waals surface area contributed by atoms with E-state index in [1.807, 2.05) is 0 Å². The van der Waals surface area contributed by atoms with Gasteiger partial charge in [-0.25, -0.2) is 8.42 Å². The summed E-state index contributed by atoms with van der Waals surface area (Å²) in [6, 6.07) is 2.89. The van der Waals surface area contributed by atoms with Crippen LogP contribution in [0.4, 0.5) is 0 Å². The number of aliphatic imine (C=N–C) groups is 1. The highest BCUT2D eigenvalue weighted by Gasteiger charge is 2.39. The molecule has 2 rings (SSSR count). The third-order valence-corrected chi connectivity index (χ3v) is 5.76. The highest BCUT2D eigenvalue weighted by atomic mass is 35.6. The molecule has 2 heterocycles. The molecule has 21 heavy (non-hydrogen) atoms. The molecule has 1 aromatic heterocycles. The molecule has 1 saturated heterocycles. The quantitative estimate of drug-likeness (QED) is 0.486. The number of sulfone groups is 1. The van der Waals surface area contributed by atoms with Gasteiger partial charge in [0.25, 0.3) is 0 Å². The fraction of sp³-hybridized carbons (Fsp3) is 0.545. The highest BCUT2D eigenvalue weighted by molar-refractivity contribution is 7.91. The molecular weight excluding hydrogens is 382 g/mol. The molecule has 0 saturated carbocycles. The van der Waals surface area contributed by atoms with E-state index < -0.39 is 25.0 Å². The van der Waals surface area contributed by atoms with E-state index in [4.69, 9.17) is 50.8 Å². The molecule has 0 amide bonds. The van der Waals surface area contributed by atoms with Gasteiger partial charge in [-0.1, -0.05) is 34.8 Å². The lowest BCUT2D eigenvalue weighted by molar-refractivity contribution is 0.512. The SMILES string of the molecule is O=S1(=O)C[C@H](NC(=NCc2ccco2)C(Cl)(Cl)Cl)[C@@H](Cl)C1. The summed E-state index contributed by atoms with van der Waals surface area (Å²) in [6.07, 6.45) is 1.51. The predicted molar refractivity (Wildman–Crippen MR) is 85.4 cm³/mol. The van der Waals surface area contributed by atoms with Gasteiger partial charge in [-0.15, -0.1) is 11.6 Å². The Labute approximate surface area is 142 Å². The van der Waals surface area contributed by atoms with Crippen LogP contribution in [0.25, 0.3) is 0 Å². The Morgan fingerprint density at radius 3 is 2.62 bits per heavy atom. The molecule has 1 aliphatic rings. The van der Waals surface area contributed by atoms with Crippen LogP contribution < -0.4 is 5.32 Å². The third-order valence-electron chi connectivity index (χ3n) is 2.85. The Morgan fingerprint density at radius 2 is 2.14 bits per heavy atom. The first-order chi connectivity index (χ1) is 9.67. The molecule has 1 aliphatic heterocycles. The number of hydrogen-bond acceptors (Lipinski definition) is 4. The number of furan rings is 1. The number of nitrogens with one attached hydrogen (secondary N) is 1. The summed E-state index contributed by atoms with van der Waals surface area (Å²) in [5.41, 5.74) is 0. The minimum Gasteiger partial charge on any atom is -0.467 e. The Hall–Kier alpha value is -0.140. The second-order valence-electron chi connectivity index (χ2n) is 4.59. The average Bonchev–Trinajstić information content (AvgIpc) is 2.91. The van der Waals surface area contributed by atoms with E-state index in [-0.39, 0.29) is 23.9 Å². The molecule has 0 spiro atoms. The van der Waals surface area contributed by atoms with E-state index in [2.05, 4.69) is 10.3 Å². The van der Waals surface area contributed by atoms with Crippen LogP contribution in [0.5, 0.6) is 0 Å². The number of hydrogen-bond donors (Lipinski definition) is 1. The smallest absolute Gasteiger partial charge is 0.247 e. The second-order valence-corrected chi connectivity index (χ2v) is 9.58. The van der Waals surface area contributed by atoms with Crippen molar-refractivity contribution in [3.8, 4) is 0 Å². The first kappa shape index (κ1) is 17.2. The summed E-state index contributed by atoms with van der Waals surface area (Å²) in [4.78, 5) is 4.15. The topological polar surface area (TPSA) is 71.7 Å². The van der Waals surface area contributed by atoms with Gasteiger partial charge < -0.3 is 9.73 Å². The Bertz CT molecular complexity index is 610. The van der Waals surface area contributed by atoms with Crippen LogP contribution in [0.2, 0.25) is 0 Å². The van der Waals surface area contributed by atoms with Gasteiger partial charge in [0.05, 0.1) is 35.7 Å². The molecule has 118 valence electrons. The van der Waals surface area contributed by atoms with Crippen LogP contribution in [-0.2, 0) is 16.4 Å². The molecule has 0 radical (unpaired) electrons. The van der Waals surface area contributed by atoms with Crippen LogP contribution in [-0.4, -0.2) is 41.0 Å². The second kappa shape index (κ2) is 6.54. The normalized spacial score (nSPS) is 26.0. The largest absolute Gasteiger partial charge is 0.467 e. The molecule has 1 aromatic rings. The molecule has 0 aliphatic carbocycles. The van der Waals surface area contributed by atoms with Gasteiger partial charge in [-0.05, 0) is 12.1 Å². The molecular formula is C11H12Cl4N2O3S. The third kappa shape index (κ3) is 4.93. The summed E-state index contributed by atoms with van der Waals surface area (Å²) >= 11 is 23.6. The fourth-order valence-corrected chi connectivity index (χ4v) is 4.78. The van der Waals surface area contributed by atoms with Crippen molar-refractivity contribution in [2.45, 2.75) is 21.8 Å². The summed E-state index contributed by atoms with van der Waals surface area (Å²) in [5, 5.41) is 2.22. The van der Waals surface area contributed by atoms with Gasteiger partial charge in [0, 0.05) is 0 Å². The monoisotopic (exact) mass is 392 g/mol. The van der Waals surface area contributed by atoms with Crippen LogP contribution in [0, 0.1) is 0 Å². The maximum absolute atomic E-state index is 11.5. The first-order valence-electron chi connectivity index (χ1n) is 5.92. The van der Waals surface area contributed by atoms with E-state index in [1.54, 1.807) is 12.1 Å². The van der Waals surface area contributed by atoms with Crippen molar-refractivity contribution in [1.82, 2.24) is 5.32 Å². The molecule has 10 heteroatoms. The molecule has 0 aromatic carbocycles. The van der Waals surface area contributed by atoms with E-state index in [0.29, 0.717) is 5.76 Å². The molecule has 0 bridgehead atoms. The molecule has 5 nitrogen and oxygen atoms in total. The van der Waals surface area contributed by atoms with Crippen LogP contribution in [0.3, 0.4) is 0 Å². The first-order valence-corrected chi connectivity index (χ1v) is 9.31. The van der Waals surface area contributed by atoms with Crippen LogP contribution in [0.1, 0.15) is 5.76 Å². The number of nitrogens with zero attached hydrogens (tertiary/aromatic N) is 1. The minimum absolute atomic E-state index is 0.0386. The maximum Gasteiger partial charge on any atom is 0.247 e. The zero-order valence-electron chi connectivity index (χ0n) is 10.6. The van der Waals surface area contributed by atoms with Crippen molar-refractivity contribution >= 4 is 62.1 Å². The van der Waals surface area contributed by atoms with Crippen molar-refractivity contribution in [3.05, 3.63) is 24.2 Å². The van der Waals surface area contributed by atoms with Gasteiger partial charge in [-0.3, -0.25) is 4.99 Å². The number of halogens is 4. The average molecular weight is 394 g/mol. The van der Waals surface area contributed by atoms with Crippen molar-refractivity contribution in [2.24, 2.45) is 4.99 Å².